The zero-order chi connectivity index (χ0) is 17.6. The summed E-state index contributed by atoms with van der Waals surface area (Å²) in [6.45, 7) is 1.81. The van der Waals surface area contributed by atoms with E-state index in [4.69, 9.17) is 0 Å². The summed E-state index contributed by atoms with van der Waals surface area (Å²) in [5.41, 5.74) is 4.25. The van der Waals surface area contributed by atoms with E-state index in [0.717, 1.165) is 16.7 Å². The number of halogens is 1. The van der Waals surface area contributed by atoms with Crippen LogP contribution < -0.4 is 0 Å². The van der Waals surface area contributed by atoms with Crippen molar-refractivity contribution in [3.8, 4) is 0 Å². The summed E-state index contributed by atoms with van der Waals surface area (Å²) in [6.07, 6.45) is 2.91. The van der Waals surface area contributed by atoms with Crippen molar-refractivity contribution in [1.29, 1.82) is 0 Å². The SMILES string of the molecule is Cc1nn2c3ccccc3n(C)c2c1C(=O)/C=C\c1ccccc1F. The van der Waals surface area contributed by atoms with Crippen molar-refractivity contribution in [2.45, 2.75) is 6.92 Å². The lowest BCUT2D eigenvalue weighted by Crippen LogP contribution is -2.00. The van der Waals surface area contributed by atoms with E-state index in [0.29, 0.717) is 16.8 Å². The summed E-state index contributed by atoms with van der Waals surface area (Å²) in [5.74, 6) is -0.547. The van der Waals surface area contributed by atoms with E-state index in [9.17, 15) is 9.18 Å². The summed E-state index contributed by atoms with van der Waals surface area (Å²) >= 11 is 0. The normalized spacial score (nSPS) is 11.8. The molecule has 4 nitrogen and oxygen atoms in total. The van der Waals surface area contributed by atoms with Crippen molar-refractivity contribution < 1.29 is 9.18 Å². The number of hydrogen-bond donors (Lipinski definition) is 0. The van der Waals surface area contributed by atoms with E-state index < -0.39 is 0 Å². The second kappa shape index (κ2) is 5.70. The van der Waals surface area contributed by atoms with Gasteiger partial charge >= 0.3 is 0 Å². The van der Waals surface area contributed by atoms with E-state index in [1.54, 1.807) is 22.7 Å². The molecule has 25 heavy (non-hydrogen) atoms. The van der Waals surface area contributed by atoms with Crippen molar-refractivity contribution in [3.05, 3.63) is 77.2 Å². The number of imidazole rings is 1. The van der Waals surface area contributed by atoms with Crippen molar-refractivity contribution in [3.63, 3.8) is 0 Å². The van der Waals surface area contributed by atoms with Crippen LogP contribution in [0.25, 0.3) is 22.8 Å². The van der Waals surface area contributed by atoms with Crippen molar-refractivity contribution in [2.24, 2.45) is 7.05 Å². The van der Waals surface area contributed by atoms with Crippen molar-refractivity contribution in [2.75, 3.05) is 0 Å². The molecule has 4 aromatic rings. The highest BCUT2D eigenvalue weighted by atomic mass is 19.1. The Morgan fingerprint density at radius 3 is 2.52 bits per heavy atom. The highest BCUT2D eigenvalue weighted by Crippen LogP contribution is 2.25. The lowest BCUT2D eigenvalue weighted by atomic mass is 10.1. The number of allylic oxidation sites excluding steroid dienone is 1. The predicted octanol–water partition coefficient (Wildman–Crippen LogP) is 4.17. The summed E-state index contributed by atoms with van der Waals surface area (Å²) < 4.78 is 17.5. The number of para-hydroxylation sites is 2. The highest BCUT2D eigenvalue weighted by molar-refractivity contribution is 6.12. The van der Waals surface area contributed by atoms with Crippen LogP contribution in [0.1, 0.15) is 21.6 Å². The first-order chi connectivity index (χ1) is 12.1. The minimum atomic E-state index is -0.354. The summed E-state index contributed by atoms with van der Waals surface area (Å²) in [4.78, 5) is 12.8. The van der Waals surface area contributed by atoms with Crippen LogP contribution >= 0.6 is 0 Å². The van der Waals surface area contributed by atoms with Gasteiger partial charge in [-0.2, -0.15) is 5.10 Å². The zero-order valence-electron chi connectivity index (χ0n) is 13.9. The fraction of sp³-hybridized carbons (Fsp3) is 0.100. The summed E-state index contributed by atoms with van der Waals surface area (Å²) in [6, 6.07) is 14.2. The number of aryl methyl sites for hydroxylation is 2. The molecule has 0 saturated carbocycles. The molecule has 0 spiro atoms. The van der Waals surface area contributed by atoms with Gasteiger partial charge in [0.1, 0.15) is 11.5 Å². The van der Waals surface area contributed by atoms with Crippen LogP contribution in [-0.4, -0.2) is 20.0 Å². The molecule has 0 aliphatic heterocycles. The van der Waals surface area contributed by atoms with Gasteiger partial charge in [-0.3, -0.25) is 4.79 Å². The minimum absolute atomic E-state index is 0.193. The zero-order valence-corrected chi connectivity index (χ0v) is 13.9. The Morgan fingerprint density at radius 1 is 1.08 bits per heavy atom. The fourth-order valence-electron chi connectivity index (χ4n) is 3.18. The van der Waals surface area contributed by atoms with E-state index >= 15 is 0 Å². The molecular weight excluding hydrogens is 317 g/mol. The number of ketones is 1. The van der Waals surface area contributed by atoms with Crippen molar-refractivity contribution in [1.82, 2.24) is 14.2 Å². The van der Waals surface area contributed by atoms with Gasteiger partial charge in [0.05, 0.1) is 22.3 Å². The van der Waals surface area contributed by atoms with Crippen LogP contribution in [0.5, 0.6) is 0 Å². The average Bonchev–Trinajstić information content (AvgIpc) is 3.09. The molecule has 0 bridgehead atoms. The third kappa shape index (κ3) is 2.36. The summed E-state index contributed by atoms with van der Waals surface area (Å²) in [7, 11) is 1.91. The monoisotopic (exact) mass is 333 g/mol. The number of aromatic nitrogens is 3. The third-order valence-electron chi connectivity index (χ3n) is 4.39. The van der Waals surface area contributed by atoms with Gasteiger partial charge in [-0.05, 0) is 37.3 Å². The molecule has 0 atom stereocenters. The molecule has 2 heterocycles. The van der Waals surface area contributed by atoms with E-state index in [1.165, 1.54) is 18.2 Å². The molecule has 0 fully saturated rings. The van der Waals surface area contributed by atoms with E-state index in [2.05, 4.69) is 5.10 Å². The topological polar surface area (TPSA) is 39.3 Å². The van der Waals surface area contributed by atoms with E-state index in [1.807, 2.05) is 42.8 Å². The number of fused-ring (bicyclic) bond motifs is 3. The smallest absolute Gasteiger partial charge is 0.191 e. The standard InChI is InChI=1S/C20H16FN3O/c1-13-19(18(25)12-11-14-7-3-4-8-15(14)21)20-23(2)16-9-5-6-10-17(16)24(20)22-13/h3-12H,1-2H3/b12-11-. The maximum Gasteiger partial charge on any atom is 0.191 e. The second-order valence-corrected chi connectivity index (χ2v) is 5.96. The first-order valence-corrected chi connectivity index (χ1v) is 7.97. The number of carbonyl (C=O) groups excluding carboxylic acids is 1. The van der Waals surface area contributed by atoms with Gasteiger partial charge in [0.15, 0.2) is 5.78 Å². The molecule has 0 aliphatic carbocycles. The van der Waals surface area contributed by atoms with Crippen molar-refractivity contribution >= 4 is 28.5 Å². The van der Waals surface area contributed by atoms with Gasteiger partial charge in [-0.15, -0.1) is 0 Å². The quantitative estimate of drug-likeness (QED) is 0.417. The molecule has 0 saturated heterocycles. The van der Waals surface area contributed by atoms with Gasteiger partial charge in [0, 0.05) is 12.6 Å². The average molecular weight is 333 g/mol. The Kier molecular flexibility index (Phi) is 3.50. The summed E-state index contributed by atoms with van der Waals surface area (Å²) in [5, 5.41) is 4.52. The lowest BCUT2D eigenvalue weighted by molar-refractivity contribution is 0.104. The fourth-order valence-corrected chi connectivity index (χ4v) is 3.18. The third-order valence-corrected chi connectivity index (χ3v) is 4.39. The molecule has 0 unspecified atom stereocenters. The molecule has 0 amide bonds. The number of nitrogens with zero attached hydrogens (tertiary/aromatic N) is 3. The van der Waals surface area contributed by atoms with Gasteiger partial charge in [0.2, 0.25) is 0 Å². The molecule has 4 rings (SSSR count). The number of hydrogen-bond acceptors (Lipinski definition) is 2. The molecular formula is C20H16FN3O. The molecule has 124 valence electrons. The molecule has 2 aromatic heterocycles. The minimum Gasteiger partial charge on any atom is -0.327 e. The first kappa shape index (κ1) is 15.3. The molecule has 0 radical (unpaired) electrons. The Hall–Kier alpha value is -3.21. The van der Waals surface area contributed by atoms with Crippen LogP contribution in [0, 0.1) is 12.7 Å². The van der Waals surface area contributed by atoms with Gasteiger partial charge < -0.3 is 4.57 Å². The molecule has 5 heteroatoms. The predicted molar refractivity (Wildman–Crippen MR) is 96.2 cm³/mol. The Labute approximate surface area is 143 Å². The highest BCUT2D eigenvalue weighted by Gasteiger charge is 2.20. The maximum atomic E-state index is 13.7. The van der Waals surface area contributed by atoms with Crippen LogP contribution in [0.3, 0.4) is 0 Å². The van der Waals surface area contributed by atoms with E-state index in [-0.39, 0.29) is 11.6 Å². The van der Waals surface area contributed by atoms with Gasteiger partial charge in [-0.1, -0.05) is 30.3 Å². The maximum absolute atomic E-state index is 13.7. The Balaban J connectivity index is 1.85. The number of carbonyl (C=O) groups is 1. The second-order valence-electron chi connectivity index (χ2n) is 5.96. The Bertz CT molecular complexity index is 1150. The first-order valence-electron chi connectivity index (χ1n) is 7.97. The van der Waals surface area contributed by atoms with Crippen LogP contribution in [0.4, 0.5) is 4.39 Å². The Morgan fingerprint density at radius 2 is 1.76 bits per heavy atom. The number of rotatable bonds is 3. The van der Waals surface area contributed by atoms with Crippen LogP contribution in [0.2, 0.25) is 0 Å². The van der Waals surface area contributed by atoms with Crippen LogP contribution in [0.15, 0.2) is 54.6 Å². The molecule has 0 aliphatic rings. The molecule has 0 N–H and O–H groups in total. The lowest BCUT2D eigenvalue weighted by Gasteiger charge is -1.99. The van der Waals surface area contributed by atoms with Crippen LogP contribution in [-0.2, 0) is 7.05 Å². The van der Waals surface area contributed by atoms with Gasteiger partial charge in [-0.25, -0.2) is 8.91 Å². The largest absolute Gasteiger partial charge is 0.327 e. The molecule has 2 aromatic carbocycles. The number of benzene rings is 2. The van der Waals surface area contributed by atoms with Gasteiger partial charge in [0.25, 0.3) is 0 Å².